The SMILES string of the molecule is CC(CCCn1cnnc1-c1cccc(N)n1)Oc1ccc(Br)cc1C(=O)O. The number of aryl methyl sites for hydroxylation is 1. The summed E-state index contributed by atoms with van der Waals surface area (Å²) in [6, 6.07) is 10.3. The standard InChI is InChI=1S/C19H20BrN5O3/c1-12(28-16-8-7-13(20)10-14(16)19(26)27)4-3-9-25-11-22-24-18(25)15-5-2-6-17(21)23-15/h2,5-8,10-12H,3-4,9H2,1H3,(H2,21,23)(H,26,27). The van der Waals surface area contributed by atoms with Gasteiger partial charge in [-0.2, -0.15) is 0 Å². The molecule has 0 amide bonds. The van der Waals surface area contributed by atoms with Crippen molar-refractivity contribution in [3.05, 3.63) is 52.8 Å². The molecule has 0 saturated carbocycles. The molecule has 0 aliphatic rings. The van der Waals surface area contributed by atoms with Crippen molar-refractivity contribution in [3.8, 4) is 17.3 Å². The summed E-state index contributed by atoms with van der Waals surface area (Å²) >= 11 is 3.28. The number of carboxylic acid groups (broad SMARTS) is 1. The minimum absolute atomic E-state index is 0.134. The average Bonchev–Trinajstić information content (AvgIpc) is 3.11. The second-order valence-electron chi connectivity index (χ2n) is 6.31. The fourth-order valence-corrected chi connectivity index (χ4v) is 3.15. The highest BCUT2D eigenvalue weighted by atomic mass is 79.9. The zero-order valence-electron chi connectivity index (χ0n) is 15.2. The van der Waals surface area contributed by atoms with Gasteiger partial charge in [0.25, 0.3) is 0 Å². The molecule has 0 radical (unpaired) electrons. The molecule has 0 bridgehead atoms. The van der Waals surface area contributed by atoms with Crippen molar-refractivity contribution in [1.82, 2.24) is 19.7 Å². The molecule has 3 N–H and O–H groups in total. The van der Waals surface area contributed by atoms with E-state index in [1.54, 1.807) is 24.5 Å². The third kappa shape index (κ3) is 4.86. The van der Waals surface area contributed by atoms with Gasteiger partial charge in [-0.05, 0) is 50.1 Å². The van der Waals surface area contributed by atoms with Crippen molar-refractivity contribution in [1.29, 1.82) is 0 Å². The number of nitrogen functional groups attached to an aromatic ring is 1. The minimum Gasteiger partial charge on any atom is -0.490 e. The number of anilines is 1. The third-order valence-corrected chi connectivity index (χ3v) is 4.62. The van der Waals surface area contributed by atoms with Crippen LogP contribution < -0.4 is 10.5 Å². The number of pyridine rings is 1. The summed E-state index contributed by atoms with van der Waals surface area (Å²) in [4.78, 5) is 15.7. The van der Waals surface area contributed by atoms with E-state index < -0.39 is 5.97 Å². The van der Waals surface area contributed by atoms with Gasteiger partial charge in [0, 0.05) is 11.0 Å². The molecule has 0 aliphatic carbocycles. The van der Waals surface area contributed by atoms with E-state index in [1.165, 1.54) is 6.07 Å². The fraction of sp³-hybridized carbons (Fsp3) is 0.263. The molecule has 3 aromatic rings. The number of nitrogens with zero attached hydrogens (tertiary/aromatic N) is 4. The molecule has 0 saturated heterocycles. The number of aromatic carboxylic acids is 1. The molecule has 2 heterocycles. The van der Waals surface area contributed by atoms with Crippen LogP contribution in [0.25, 0.3) is 11.5 Å². The van der Waals surface area contributed by atoms with Gasteiger partial charge >= 0.3 is 5.97 Å². The Bertz CT molecular complexity index is 976. The van der Waals surface area contributed by atoms with Gasteiger partial charge in [0.15, 0.2) is 5.82 Å². The first-order valence-corrected chi connectivity index (χ1v) is 9.53. The Balaban J connectivity index is 1.59. The van der Waals surface area contributed by atoms with E-state index in [0.29, 0.717) is 34.1 Å². The summed E-state index contributed by atoms with van der Waals surface area (Å²) in [5.41, 5.74) is 6.54. The highest BCUT2D eigenvalue weighted by Crippen LogP contribution is 2.25. The number of carbonyl (C=O) groups is 1. The van der Waals surface area contributed by atoms with Gasteiger partial charge in [0.2, 0.25) is 0 Å². The van der Waals surface area contributed by atoms with Gasteiger partial charge in [-0.3, -0.25) is 0 Å². The van der Waals surface area contributed by atoms with Crippen LogP contribution in [0.15, 0.2) is 47.2 Å². The predicted molar refractivity (Wildman–Crippen MR) is 108 cm³/mol. The number of aromatic nitrogens is 4. The van der Waals surface area contributed by atoms with Crippen molar-refractivity contribution in [3.63, 3.8) is 0 Å². The van der Waals surface area contributed by atoms with E-state index >= 15 is 0 Å². The second-order valence-corrected chi connectivity index (χ2v) is 7.23. The lowest BCUT2D eigenvalue weighted by atomic mass is 10.2. The lowest BCUT2D eigenvalue weighted by Gasteiger charge is -2.17. The number of benzene rings is 1. The molecule has 146 valence electrons. The summed E-state index contributed by atoms with van der Waals surface area (Å²) in [7, 11) is 0. The molecule has 8 nitrogen and oxygen atoms in total. The number of hydrogen-bond donors (Lipinski definition) is 2. The highest BCUT2D eigenvalue weighted by molar-refractivity contribution is 9.10. The van der Waals surface area contributed by atoms with Crippen LogP contribution in [0.1, 0.15) is 30.1 Å². The molecule has 1 aromatic carbocycles. The maximum absolute atomic E-state index is 11.4. The molecule has 0 spiro atoms. The van der Waals surface area contributed by atoms with Crippen LogP contribution in [-0.2, 0) is 6.54 Å². The van der Waals surface area contributed by atoms with Crippen molar-refractivity contribution in [2.45, 2.75) is 32.4 Å². The first kappa shape index (κ1) is 19.8. The van der Waals surface area contributed by atoms with Gasteiger partial charge in [-0.1, -0.05) is 22.0 Å². The van der Waals surface area contributed by atoms with Gasteiger partial charge in [-0.15, -0.1) is 10.2 Å². The maximum Gasteiger partial charge on any atom is 0.339 e. The van der Waals surface area contributed by atoms with Crippen molar-refractivity contribution < 1.29 is 14.6 Å². The van der Waals surface area contributed by atoms with E-state index in [0.717, 1.165) is 12.8 Å². The number of ether oxygens (including phenoxy) is 1. The molecule has 1 unspecified atom stereocenters. The van der Waals surface area contributed by atoms with Gasteiger partial charge in [0.05, 0.1) is 6.10 Å². The van der Waals surface area contributed by atoms with Crippen LogP contribution in [0, 0.1) is 0 Å². The Hall–Kier alpha value is -2.94. The minimum atomic E-state index is -1.02. The van der Waals surface area contributed by atoms with Gasteiger partial charge < -0.3 is 20.1 Å². The Morgan fingerprint density at radius 1 is 1.36 bits per heavy atom. The zero-order chi connectivity index (χ0) is 20.1. The van der Waals surface area contributed by atoms with Crippen LogP contribution >= 0.6 is 15.9 Å². The summed E-state index contributed by atoms with van der Waals surface area (Å²) in [5.74, 6) is 0.421. The molecular formula is C19H20BrN5O3. The molecule has 0 fully saturated rings. The van der Waals surface area contributed by atoms with Crippen LogP contribution in [0.4, 0.5) is 5.82 Å². The molecule has 3 rings (SSSR count). The van der Waals surface area contributed by atoms with Gasteiger partial charge in [-0.25, -0.2) is 9.78 Å². The molecule has 2 aromatic heterocycles. The molecule has 9 heteroatoms. The van der Waals surface area contributed by atoms with Crippen LogP contribution in [0.2, 0.25) is 0 Å². The average molecular weight is 446 g/mol. The van der Waals surface area contributed by atoms with Crippen molar-refractivity contribution in [2.75, 3.05) is 5.73 Å². The summed E-state index contributed by atoms with van der Waals surface area (Å²) in [6.45, 7) is 2.60. The zero-order valence-corrected chi connectivity index (χ0v) is 16.8. The van der Waals surface area contributed by atoms with E-state index in [2.05, 4.69) is 31.1 Å². The molecule has 1 atom stereocenters. The number of nitrogens with two attached hydrogens (primary N) is 1. The predicted octanol–water partition coefficient (Wildman–Crippen LogP) is 3.63. The molecule has 28 heavy (non-hydrogen) atoms. The highest BCUT2D eigenvalue weighted by Gasteiger charge is 2.15. The smallest absolute Gasteiger partial charge is 0.339 e. The second kappa shape index (κ2) is 8.83. The van der Waals surface area contributed by atoms with E-state index in [4.69, 9.17) is 10.5 Å². The number of rotatable bonds is 8. The first-order valence-electron chi connectivity index (χ1n) is 8.74. The number of halogens is 1. The largest absolute Gasteiger partial charge is 0.490 e. The molecular weight excluding hydrogens is 426 g/mol. The van der Waals surface area contributed by atoms with E-state index in [-0.39, 0.29) is 11.7 Å². The lowest BCUT2D eigenvalue weighted by Crippen LogP contribution is -2.15. The normalized spacial score (nSPS) is 11.9. The van der Waals surface area contributed by atoms with Crippen molar-refractivity contribution >= 4 is 27.7 Å². The Morgan fingerprint density at radius 3 is 2.93 bits per heavy atom. The number of hydrogen-bond acceptors (Lipinski definition) is 6. The van der Waals surface area contributed by atoms with Gasteiger partial charge in [0.1, 0.15) is 29.2 Å². The first-order chi connectivity index (χ1) is 13.4. The maximum atomic E-state index is 11.4. The monoisotopic (exact) mass is 445 g/mol. The fourth-order valence-electron chi connectivity index (χ4n) is 2.79. The summed E-state index contributed by atoms with van der Waals surface area (Å²) < 4.78 is 8.45. The summed E-state index contributed by atoms with van der Waals surface area (Å²) in [5, 5.41) is 17.4. The third-order valence-electron chi connectivity index (χ3n) is 4.13. The van der Waals surface area contributed by atoms with Crippen molar-refractivity contribution in [2.24, 2.45) is 0 Å². The number of carboxylic acids is 1. The topological polar surface area (TPSA) is 116 Å². The lowest BCUT2D eigenvalue weighted by molar-refractivity contribution is 0.0689. The van der Waals surface area contributed by atoms with E-state index in [1.807, 2.05) is 23.6 Å². The Labute approximate surface area is 170 Å². The van der Waals surface area contributed by atoms with Crippen LogP contribution in [-0.4, -0.2) is 36.9 Å². The quantitative estimate of drug-likeness (QED) is 0.543. The molecule has 0 aliphatic heterocycles. The Kier molecular flexibility index (Phi) is 6.25. The Morgan fingerprint density at radius 2 is 2.18 bits per heavy atom. The van der Waals surface area contributed by atoms with E-state index in [9.17, 15) is 9.90 Å². The van der Waals surface area contributed by atoms with Crippen LogP contribution in [0.3, 0.4) is 0 Å². The van der Waals surface area contributed by atoms with Crippen LogP contribution in [0.5, 0.6) is 5.75 Å². The summed E-state index contributed by atoms with van der Waals surface area (Å²) in [6.07, 6.45) is 3.04.